The van der Waals surface area contributed by atoms with E-state index in [1.807, 2.05) is 0 Å². The summed E-state index contributed by atoms with van der Waals surface area (Å²) in [6.07, 6.45) is 1.16. The largest absolute Gasteiger partial charge is 0.383 e. The fraction of sp³-hybridized carbons (Fsp3) is 0.625. The average molecular weight is 343 g/mol. The molecule has 1 aromatic carbocycles. The van der Waals surface area contributed by atoms with Gasteiger partial charge in [-0.3, -0.25) is 0 Å². The van der Waals surface area contributed by atoms with Crippen LogP contribution in [0.25, 0.3) is 0 Å². The van der Waals surface area contributed by atoms with E-state index in [1.165, 1.54) is 15.7 Å². The van der Waals surface area contributed by atoms with Crippen LogP contribution in [0.3, 0.4) is 0 Å². The summed E-state index contributed by atoms with van der Waals surface area (Å²) in [4.78, 5) is 2.44. The Morgan fingerprint density at radius 3 is 2.65 bits per heavy atom. The third kappa shape index (κ3) is 5.43. The minimum atomic E-state index is 0.521. The van der Waals surface area contributed by atoms with Gasteiger partial charge in [-0.25, -0.2) is 0 Å². The minimum absolute atomic E-state index is 0.521. The third-order valence-corrected chi connectivity index (χ3v) is 3.99. The van der Waals surface area contributed by atoms with E-state index in [4.69, 9.17) is 4.74 Å². The first-order chi connectivity index (χ1) is 9.60. The predicted molar refractivity (Wildman–Crippen MR) is 90.5 cm³/mol. The van der Waals surface area contributed by atoms with Crippen LogP contribution < -0.4 is 10.2 Å². The van der Waals surface area contributed by atoms with Crippen molar-refractivity contribution in [2.24, 2.45) is 0 Å². The summed E-state index contributed by atoms with van der Waals surface area (Å²) >= 11 is 3.69. The van der Waals surface area contributed by atoms with Crippen LogP contribution in [0.5, 0.6) is 0 Å². The topological polar surface area (TPSA) is 24.5 Å². The molecule has 0 radical (unpaired) electrons. The minimum Gasteiger partial charge on any atom is -0.383 e. The van der Waals surface area contributed by atoms with Gasteiger partial charge in [-0.15, -0.1) is 0 Å². The Balaban J connectivity index is 2.70. The molecule has 0 saturated heterocycles. The Bertz CT molecular complexity index is 396. The van der Waals surface area contributed by atoms with Crippen LogP contribution >= 0.6 is 15.9 Å². The van der Waals surface area contributed by atoms with Crippen molar-refractivity contribution in [3.8, 4) is 0 Å². The van der Waals surface area contributed by atoms with Crippen molar-refractivity contribution in [3.05, 3.63) is 28.2 Å². The number of methoxy groups -OCH3 is 1. The van der Waals surface area contributed by atoms with E-state index in [9.17, 15) is 0 Å². The summed E-state index contributed by atoms with van der Waals surface area (Å²) in [6, 6.07) is 7.16. The summed E-state index contributed by atoms with van der Waals surface area (Å²) in [6.45, 7) is 10.3. The van der Waals surface area contributed by atoms with Gasteiger partial charge in [-0.1, -0.05) is 28.9 Å². The highest BCUT2D eigenvalue weighted by Crippen LogP contribution is 2.25. The Labute approximate surface area is 131 Å². The van der Waals surface area contributed by atoms with Gasteiger partial charge in [0.25, 0.3) is 0 Å². The SMILES string of the molecule is CCCN(c1ccc(CNCCOC)c(Br)c1)C(C)C. The standard InChI is InChI=1S/C16H27BrN2O/c1-5-9-19(13(2)3)15-7-6-14(16(17)11-15)12-18-8-10-20-4/h6-7,11,13,18H,5,8-10,12H2,1-4H3. The van der Waals surface area contributed by atoms with E-state index < -0.39 is 0 Å². The van der Waals surface area contributed by atoms with Crippen LogP contribution in [0.2, 0.25) is 0 Å². The zero-order chi connectivity index (χ0) is 15.0. The highest BCUT2D eigenvalue weighted by molar-refractivity contribution is 9.10. The Morgan fingerprint density at radius 1 is 1.35 bits per heavy atom. The maximum atomic E-state index is 5.03. The fourth-order valence-electron chi connectivity index (χ4n) is 2.18. The summed E-state index contributed by atoms with van der Waals surface area (Å²) < 4.78 is 6.20. The maximum absolute atomic E-state index is 5.03. The van der Waals surface area contributed by atoms with Crippen molar-refractivity contribution in [1.29, 1.82) is 0 Å². The van der Waals surface area contributed by atoms with Gasteiger partial charge in [0.15, 0.2) is 0 Å². The molecular formula is C16H27BrN2O. The van der Waals surface area contributed by atoms with E-state index in [1.54, 1.807) is 7.11 Å². The maximum Gasteiger partial charge on any atom is 0.0587 e. The first kappa shape index (κ1) is 17.5. The van der Waals surface area contributed by atoms with Gasteiger partial charge in [-0.05, 0) is 38.0 Å². The normalized spacial score (nSPS) is 11.1. The second-order valence-corrected chi connectivity index (χ2v) is 6.09. The molecule has 0 aliphatic carbocycles. The molecule has 0 amide bonds. The summed E-state index contributed by atoms with van der Waals surface area (Å²) in [5.74, 6) is 0. The zero-order valence-electron chi connectivity index (χ0n) is 13.1. The predicted octanol–water partition coefficient (Wildman–Crippen LogP) is 3.81. The van der Waals surface area contributed by atoms with Crippen LogP contribution in [-0.2, 0) is 11.3 Å². The van der Waals surface area contributed by atoms with Crippen molar-refractivity contribution in [1.82, 2.24) is 5.32 Å². The molecule has 0 heterocycles. The number of hydrogen-bond donors (Lipinski definition) is 1. The summed E-state index contributed by atoms with van der Waals surface area (Å²) in [5, 5.41) is 3.37. The molecule has 1 aromatic rings. The van der Waals surface area contributed by atoms with Gasteiger partial charge < -0.3 is 15.0 Å². The summed E-state index contributed by atoms with van der Waals surface area (Å²) in [7, 11) is 1.72. The van der Waals surface area contributed by atoms with Gasteiger partial charge in [0.05, 0.1) is 6.61 Å². The Kier molecular flexibility index (Phi) is 8.19. The molecule has 4 heteroatoms. The summed E-state index contributed by atoms with van der Waals surface area (Å²) in [5.41, 5.74) is 2.57. The molecule has 0 atom stereocenters. The molecule has 114 valence electrons. The third-order valence-electron chi connectivity index (χ3n) is 3.25. The number of anilines is 1. The number of benzene rings is 1. The lowest BCUT2D eigenvalue weighted by Crippen LogP contribution is -2.31. The van der Waals surface area contributed by atoms with Crippen molar-refractivity contribution in [3.63, 3.8) is 0 Å². The zero-order valence-corrected chi connectivity index (χ0v) is 14.7. The fourth-order valence-corrected chi connectivity index (χ4v) is 2.69. The molecule has 1 N–H and O–H groups in total. The second-order valence-electron chi connectivity index (χ2n) is 5.23. The molecule has 0 fully saturated rings. The van der Waals surface area contributed by atoms with E-state index in [0.717, 1.165) is 32.7 Å². The molecule has 0 saturated carbocycles. The molecule has 0 bridgehead atoms. The molecule has 3 nitrogen and oxygen atoms in total. The quantitative estimate of drug-likeness (QED) is 0.690. The van der Waals surface area contributed by atoms with Crippen molar-refractivity contribution in [2.75, 3.05) is 31.7 Å². The lowest BCUT2D eigenvalue weighted by atomic mass is 10.1. The second kappa shape index (κ2) is 9.37. The highest BCUT2D eigenvalue weighted by atomic mass is 79.9. The number of hydrogen-bond acceptors (Lipinski definition) is 3. The Hall–Kier alpha value is -0.580. The van der Waals surface area contributed by atoms with Crippen LogP contribution in [0.15, 0.2) is 22.7 Å². The van der Waals surface area contributed by atoms with Gasteiger partial charge >= 0.3 is 0 Å². The van der Waals surface area contributed by atoms with Crippen molar-refractivity contribution >= 4 is 21.6 Å². The van der Waals surface area contributed by atoms with Gasteiger partial charge in [-0.2, -0.15) is 0 Å². The molecular weight excluding hydrogens is 316 g/mol. The van der Waals surface area contributed by atoms with Gasteiger partial charge in [0.1, 0.15) is 0 Å². The lowest BCUT2D eigenvalue weighted by molar-refractivity contribution is 0.199. The number of nitrogens with one attached hydrogen (secondary N) is 1. The van der Waals surface area contributed by atoms with Gasteiger partial charge in [0.2, 0.25) is 0 Å². The molecule has 0 aliphatic rings. The van der Waals surface area contributed by atoms with E-state index >= 15 is 0 Å². The number of nitrogens with zero attached hydrogens (tertiary/aromatic N) is 1. The molecule has 0 spiro atoms. The average Bonchev–Trinajstić information content (AvgIpc) is 2.42. The Morgan fingerprint density at radius 2 is 2.10 bits per heavy atom. The number of rotatable bonds is 9. The van der Waals surface area contributed by atoms with Crippen molar-refractivity contribution < 1.29 is 4.74 Å². The number of ether oxygens (including phenoxy) is 1. The van der Waals surface area contributed by atoms with Crippen LogP contribution in [-0.4, -0.2) is 32.8 Å². The lowest BCUT2D eigenvalue weighted by Gasteiger charge is -2.29. The van der Waals surface area contributed by atoms with Crippen LogP contribution in [0.1, 0.15) is 32.8 Å². The van der Waals surface area contributed by atoms with E-state index in [0.29, 0.717) is 6.04 Å². The van der Waals surface area contributed by atoms with Crippen molar-refractivity contribution in [2.45, 2.75) is 39.8 Å². The van der Waals surface area contributed by atoms with E-state index in [-0.39, 0.29) is 0 Å². The van der Waals surface area contributed by atoms with Gasteiger partial charge in [0, 0.05) is 42.9 Å². The van der Waals surface area contributed by atoms with Crippen LogP contribution in [0, 0.1) is 0 Å². The van der Waals surface area contributed by atoms with E-state index in [2.05, 4.69) is 65.1 Å². The first-order valence-electron chi connectivity index (χ1n) is 7.34. The highest BCUT2D eigenvalue weighted by Gasteiger charge is 2.11. The molecule has 20 heavy (non-hydrogen) atoms. The molecule has 0 aromatic heterocycles. The monoisotopic (exact) mass is 342 g/mol. The van der Waals surface area contributed by atoms with Crippen LogP contribution in [0.4, 0.5) is 5.69 Å². The number of halogens is 1. The molecule has 1 rings (SSSR count). The first-order valence-corrected chi connectivity index (χ1v) is 8.14. The molecule has 0 aliphatic heterocycles. The molecule has 0 unspecified atom stereocenters. The smallest absolute Gasteiger partial charge is 0.0587 e.